The van der Waals surface area contributed by atoms with Crippen LogP contribution in [0.1, 0.15) is 86.1 Å². The predicted octanol–water partition coefficient (Wildman–Crippen LogP) is 19.3. The second-order valence-electron chi connectivity index (χ2n) is 24.7. The number of furan rings is 2. The molecule has 0 radical (unpaired) electrons. The van der Waals surface area contributed by atoms with Crippen molar-refractivity contribution in [2.24, 2.45) is 0 Å². The fourth-order valence-electron chi connectivity index (χ4n) is 14.9. The number of aromatic nitrogens is 1. The molecule has 0 N–H and O–H groups in total. The molecular weight excluding hydrogens is 985 g/mol. The number of rotatable bonds is 5. The second kappa shape index (κ2) is 16.4. The summed E-state index contributed by atoms with van der Waals surface area (Å²) in [4.78, 5) is 2.54. The largest absolute Gasteiger partial charge is 0.457 e. The third-order valence-electron chi connectivity index (χ3n) is 19.1. The number of aryl methyl sites for hydroxylation is 2. The van der Waals surface area contributed by atoms with Gasteiger partial charge in [0.25, 0.3) is 0 Å². The van der Waals surface area contributed by atoms with Gasteiger partial charge in [-0.25, -0.2) is 0 Å². The Bertz CT molecular complexity index is 5090. The monoisotopic (exact) mass is 1040 g/mol. The predicted molar refractivity (Wildman–Crippen MR) is 338 cm³/mol. The van der Waals surface area contributed by atoms with Crippen molar-refractivity contribution in [1.29, 1.82) is 0 Å². The first-order valence-corrected chi connectivity index (χ1v) is 28.4. The maximum atomic E-state index is 6.96. The summed E-state index contributed by atoms with van der Waals surface area (Å²) in [6.07, 6.45) is 0. The lowest BCUT2D eigenvalue weighted by molar-refractivity contribution is 0.577. The van der Waals surface area contributed by atoms with Crippen molar-refractivity contribution in [3.8, 4) is 39.1 Å². The van der Waals surface area contributed by atoms with Gasteiger partial charge in [0.15, 0.2) is 0 Å². The van der Waals surface area contributed by atoms with E-state index in [1.807, 2.05) is 12.1 Å². The normalized spacial score (nSPS) is 15.9. The molecule has 0 saturated carbocycles. The number of benzene rings is 10. The first-order chi connectivity index (χ1) is 39.1. The van der Waals surface area contributed by atoms with Gasteiger partial charge in [0.1, 0.15) is 22.2 Å². The Morgan fingerprint density at radius 2 is 1.02 bits per heavy atom. The lowest BCUT2D eigenvalue weighted by Crippen LogP contribution is -2.23. The van der Waals surface area contributed by atoms with Crippen molar-refractivity contribution in [1.82, 2.24) is 4.57 Å². The van der Waals surface area contributed by atoms with Crippen LogP contribution in [0.15, 0.2) is 215 Å². The van der Waals surface area contributed by atoms with Gasteiger partial charge in [-0.2, -0.15) is 0 Å². The Morgan fingerprint density at radius 3 is 1.78 bits per heavy atom. The SMILES string of the molecule is C=C1/C(=c2\c(=C)oc3ccccc23)c2cc3c(cc2C1(C)C)-c1ccc(N(c2ccc4c(c2)C(C)(C)c2cc(-c5ccc(C)cc5C)c5oc6ccccc6c5c2-4)c2cccc4c5ccccc5n(-c5ccccc5)c24)cc1C3(C)C. The highest BCUT2D eigenvalue weighted by molar-refractivity contribution is 6.19. The first-order valence-electron chi connectivity index (χ1n) is 28.4. The number of fused-ring (bicyclic) bond motifs is 15. The number of anilines is 3. The zero-order valence-corrected chi connectivity index (χ0v) is 47.1. The molecule has 4 heteroatoms. The number of allylic oxidation sites excluding steroid dienone is 1. The fourth-order valence-corrected chi connectivity index (χ4v) is 14.9. The van der Waals surface area contributed by atoms with Gasteiger partial charge in [0.05, 0.1) is 16.7 Å². The van der Waals surface area contributed by atoms with Crippen LogP contribution >= 0.6 is 0 Å². The van der Waals surface area contributed by atoms with E-state index in [-0.39, 0.29) is 16.2 Å². The van der Waals surface area contributed by atoms with Crippen LogP contribution in [-0.4, -0.2) is 4.57 Å². The van der Waals surface area contributed by atoms with Crippen molar-refractivity contribution in [3.05, 3.63) is 261 Å². The Hall–Kier alpha value is -9.38. The van der Waals surface area contributed by atoms with E-state index in [1.165, 1.54) is 94.0 Å². The molecular formula is C77H60N2O2. The molecule has 4 nitrogen and oxygen atoms in total. The van der Waals surface area contributed by atoms with E-state index in [0.29, 0.717) is 5.42 Å². The van der Waals surface area contributed by atoms with Crippen LogP contribution < -0.4 is 15.5 Å². The summed E-state index contributed by atoms with van der Waals surface area (Å²) in [5.74, 6) is 0. The summed E-state index contributed by atoms with van der Waals surface area (Å²) in [7, 11) is 0. The van der Waals surface area contributed by atoms with E-state index < -0.39 is 0 Å². The lowest BCUT2D eigenvalue weighted by atomic mass is 9.79. The van der Waals surface area contributed by atoms with Crippen LogP contribution in [0, 0.1) is 13.8 Å². The van der Waals surface area contributed by atoms with Crippen molar-refractivity contribution in [3.63, 3.8) is 0 Å². The zero-order valence-electron chi connectivity index (χ0n) is 47.1. The smallest absolute Gasteiger partial charge is 0.143 e. The standard InChI is InChI=1S/C77H60N2O2/c1-43-31-34-50(44(2)37-43)58-41-64-71(72-56-25-16-19-30-68(56)81-74(58)72)54-36-33-49(39-61(54)77(64,9)10)78(66-28-20-26-53-52-23-14-17-27-65(52)79(73(53)66)47-21-12-11-13-22-47)48-32-35-51-57-40-63-59(42-62(57)76(7,8)60(51)38-48)69(45(3)75(63,5)6)70-46(4)80-67-29-18-15-24-55(67)70/h11-42H,3-4H2,1-2,5-10H3/b70-69-. The molecule has 0 unspecified atom stereocenters. The topological polar surface area (TPSA) is 34.5 Å². The molecule has 13 aromatic rings. The minimum Gasteiger partial charge on any atom is -0.457 e. The molecule has 0 amide bonds. The van der Waals surface area contributed by atoms with Gasteiger partial charge in [-0.3, -0.25) is 0 Å². The van der Waals surface area contributed by atoms with E-state index in [4.69, 9.17) is 15.4 Å². The van der Waals surface area contributed by atoms with Crippen molar-refractivity contribution in [2.75, 3.05) is 4.90 Å². The highest BCUT2D eigenvalue weighted by atomic mass is 16.3. The zero-order chi connectivity index (χ0) is 55.2. The number of para-hydroxylation sites is 5. The summed E-state index contributed by atoms with van der Waals surface area (Å²) in [5.41, 5.74) is 28.9. The third-order valence-corrected chi connectivity index (χ3v) is 19.1. The van der Waals surface area contributed by atoms with Gasteiger partial charge in [-0.05, 0) is 171 Å². The van der Waals surface area contributed by atoms with Crippen molar-refractivity contribution in [2.45, 2.75) is 71.6 Å². The molecule has 0 aliphatic heterocycles. The highest BCUT2D eigenvalue weighted by Gasteiger charge is 2.44. The molecule has 10 aromatic carbocycles. The molecule has 0 fully saturated rings. The third kappa shape index (κ3) is 6.36. The first kappa shape index (κ1) is 47.6. The van der Waals surface area contributed by atoms with E-state index in [9.17, 15) is 0 Å². The minimum absolute atomic E-state index is 0.317. The van der Waals surface area contributed by atoms with Crippen LogP contribution in [-0.2, 0) is 16.2 Å². The summed E-state index contributed by atoms with van der Waals surface area (Å²) in [6, 6.07) is 72.1. The maximum absolute atomic E-state index is 6.96. The summed E-state index contributed by atoms with van der Waals surface area (Å²) < 4.78 is 15.8. The highest BCUT2D eigenvalue weighted by Crippen LogP contribution is 2.59. The van der Waals surface area contributed by atoms with E-state index in [2.05, 4.69) is 253 Å². The molecule has 390 valence electrons. The average Bonchev–Trinajstić information content (AvgIpc) is 4.40. The number of hydrogen-bond donors (Lipinski definition) is 0. The Balaban J connectivity index is 0.937. The second-order valence-corrected chi connectivity index (χ2v) is 24.7. The Kier molecular flexibility index (Phi) is 9.62. The maximum Gasteiger partial charge on any atom is 0.143 e. The molecule has 3 heterocycles. The summed E-state index contributed by atoms with van der Waals surface area (Å²) in [6.45, 7) is 27.9. The summed E-state index contributed by atoms with van der Waals surface area (Å²) in [5, 5.41) is 6.85. The quantitative estimate of drug-likeness (QED) is 0.172. The molecule has 3 aliphatic rings. The number of nitrogens with zero attached hydrogens (tertiary/aromatic N) is 2. The molecule has 0 spiro atoms. The van der Waals surface area contributed by atoms with Crippen LogP contribution in [0.3, 0.4) is 0 Å². The van der Waals surface area contributed by atoms with Crippen molar-refractivity contribution < 1.29 is 8.83 Å². The van der Waals surface area contributed by atoms with Crippen LogP contribution in [0.5, 0.6) is 0 Å². The van der Waals surface area contributed by atoms with Gasteiger partial charge in [0.2, 0.25) is 0 Å². The van der Waals surface area contributed by atoms with E-state index >= 15 is 0 Å². The van der Waals surface area contributed by atoms with Crippen molar-refractivity contribution >= 4 is 83.9 Å². The van der Waals surface area contributed by atoms with Crippen LogP contribution in [0.4, 0.5) is 17.1 Å². The van der Waals surface area contributed by atoms with Crippen LogP contribution in [0.2, 0.25) is 0 Å². The molecule has 0 atom stereocenters. The summed E-state index contributed by atoms with van der Waals surface area (Å²) >= 11 is 0. The Morgan fingerprint density at radius 1 is 0.444 bits per heavy atom. The van der Waals surface area contributed by atoms with Gasteiger partial charge < -0.3 is 18.3 Å². The molecule has 0 bridgehead atoms. The van der Waals surface area contributed by atoms with E-state index in [1.54, 1.807) is 0 Å². The minimum atomic E-state index is -0.370. The number of hydrogen-bond acceptors (Lipinski definition) is 3. The molecule has 81 heavy (non-hydrogen) atoms. The molecule has 16 rings (SSSR count). The molecule has 3 aliphatic carbocycles. The Labute approximate surface area is 471 Å². The van der Waals surface area contributed by atoms with E-state index in [0.717, 1.165) is 77.7 Å². The van der Waals surface area contributed by atoms with Gasteiger partial charge >= 0.3 is 0 Å². The van der Waals surface area contributed by atoms with Crippen LogP contribution in [0.25, 0.3) is 106 Å². The van der Waals surface area contributed by atoms with Gasteiger partial charge in [0, 0.05) is 71.0 Å². The lowest BCUT2D eigenvalue weighted by Gasteiger charge is -2.30. The van der Waals surface area contributed by atoms with Gasteiger partial charge in [-0.1, -0.05) is 176 Å². The van der Waals surface area contributed by atoms with Gasteiger partial charge in [-0.15, -0.1) is 0 Å². The molecule has 0 saturated heterocycles. The average molecular weight is 1050 g/mol. The fraction of sp³-hybridized carbons (Fsp3) is 0.143. The molecule has 3 aromatic heterocycles.